The SMILES string of the molecule is CCCCC/C=C\C/C=C\C/C=C\CCCCCCCCC(=O)OC(COC(=O)CCCCCCCCCCCC)COC(=O)CCCCCCCCCCCCCCC/C=C\C/C=C\CCCCCCC. The normalized spacial score (nSPS) is 12.4. The maximum absolute atomic E-state index is 12.9. The lowest BCUT2D eigenvalue weighted by Crippen LogP contribution is -2.30. The maximum atomic E-state index is 12.9. The van der Waals surface area contributed by atoms with Crippen LogP contribution in [0.1, 0.15) is 323 Å². The molecule has 0 spiro atoms. The molecular weight excluding hydrogens is 889 g/mol. The van der Waals surface area contributed by atoms with Gasteiger partial charge in [0, 0.05) is 19.3 Å². The monoisotopic (exact) mass is 1010 g/mol. The highest BCUT2D eigenvalue weighted by molar-refractivity contribution is 5.71. The van der Waals surface area contributed by atoms with Crippen LogP contribution in [-0.4, -0.2) is 37.2 Å². The predicted octanol–water partition coefficient (Wildman–Crippen LogP) is 21.2. The van der Waals surface area contributed by atoms with E-state index in [2.05, 4.69) is 81.5 Å². The molecule has 0 rings (SSSR count). The van der Waals surface area contributed by atoms with Crippen LogP contribution in [-0.2, 0) is 28.6 Å². The van der Waals surface area contributed by atoms with Crippen molar-refractivity contribution < 1.29 is 28.6 Å². The zero-order valence-electron chi connectivity index (χ0n) is 47.9. The van der Waals surface area contributed by atoms with Gasteiger partial charge in [0.25, 0.3) is 0 Å². The van der Waals surface area contributed by atoms with Crippen LogP contribution in [0.5, 0.6) is 0 Å². The lowest BCUT2D eigenvalue weighted by molar-refractivity contribution is -0.167. The Bertz CT molecular complexity index is 1290. The molecule has 1 unspecified atom stereocenters. The van der Waals surface area contributed by atoms with Gasteiger partial charge < -0.3 is 14.2 Å². The Morgan fingerprint density at radius 3 is 0.806 bits per heavy atom. The van der Waals surface area contributed by atoms with Gasteiger partial charge in [-0.1, -0.05) is 274 Å². The van der Waals surface area contributed by atoms with Gasteiger partial charge in [-0.3, -0.25) is 14.4 Å². The smallest absolute Gasteiger partial charge is 0.306 e. The van der Waals surface area contributed by atoms with Gasteiger partial charge >= 0.3 is 17.9 Å². The highest BCUT2D eigenvalue weighted by Crippen LogP contribution is 2.16. The minimum Gasteiger partial charge on any atom is -0.462 e. The molecule has 0 fully saturated rings. The van der Waals surface area contributed by atoms with Crippen molar-refractivity contribution in [3.05, 3.63) is 60.8 Å². The first kappa shape index (κ1) is 69.1. The lowest BCUT2D eigenvalue weighted by atomic mass is 10.0. The quantitative estimate of drug-likeness (QED) is 0.0261. The molecule has 6 heteroatoms. The summed E-state index contributed by atoms with van der Waals surface area (Å²) >= 11 is 0. The highest BCUT2D eigenvalue weighted by atomic mass is 16.6. The second-order valence-corrected chi connectivity index (χ2v) is 21.0. The van der Waals surface area contributed by atoms with Crippen molar-refractivity contribution >= 4 is 17.9 Å². The standard InChI is InChI=1S/C66H118O6/c1-4-7-10-13-16-19-22-24-26-28-30-31-32-33-34-35-37-38-40-42-44-47-50-53-56-59-65(68)71-62-63(61-70-64(67)58-55-52-49-46-21-18-15-12-9-6-3)72-66(69)60-57-54-51-48-45-43-41-39-36-29-27-25-23-20-17-14-11-8-5-2/h17,20,22,24-25,27-28,30,36,39,63H,4-16,18-19,21,23,26,29,31-35,37-38,40-62H2,1-3H3/b20-17-,24-22-,27-25-,30-28-,39-36-. The Hall–Kier alpha value is -2.89. The molecule has 0 aliphatic heterocycles. The van der Waals surface area contributed by atoms with E-state index in [1.54, 1.807) is 0 Å². The van der Waals surface area contributed by atoms with Crippen molar-refractivity contribution in [2.75, 3.05) is 13.2 Å². The van der Waals surface area contributed by atoms with E-state index in [1.165, 1.54) is 193 Å². The third-order valence-electron chi connectivity index (χ3n) is 13.7. The molecule has 0 N–H and O–H groups in total. The summed E-state index contributed by atoms with van der Waals surface area (Å²) in [4.78, 5) is 38.2. The van der Waals surface area contributed by atoms with Gasteiger partial charge in [-0.25, -0.2) is 0 Å². The van der Waals surface area contributed by atoms with Crippen molar-refractivity contribution in [2.45, 2.75) is 329 Å². The number of carbonyl (C=O) groups is 3. The van der Waals surface area contributed by atoms with E-state index in [-0.39, 0.29) is 31.1 Å². The van der Waals surface area contributed by atoms with E-state index < -0.39 is 6.10 Å². The van der Waals surface area contributed by atoms with Crippen molar-refractivity contribution in [3.63, 3.8) is 0 Å². The number of unbranched alkanes of at least 4 members (excludes halogenated alkanes) is 36. The van der Waals surface area contributed by atoms with Crippen LogP contribution in [0.4, 0.5) is 0 Å². The van der Waals surface area contributed by atoms with Gasteiger partial charge in [0.15, 0.2) is 6.10 Å². The Kier molecular flexibility index (Phi) is 58.2. The fraction of sp³-hybridized carbons (Fsp3) is 0.803. The second kappa shape index (κ2) is 60.7. The first-order chi connectivity index (χ1) is 35.5. The molecule has 0 aromatic rings. The molecule has 0 saturated carbocycles. The molecule has 0 saturated heterocycles. The number of ether oxygens (including phenoxy) is 3. The van der Waals surface area contributed by atoms with Crippen LogP contribution in [0.2, 0.25) is 0 Å². The summed E-state index contributed by atoms with van der Waals surface area (Å²) in [5.41, 5.74) is 0. The molecule has 418 valence electrons. The number of rotatable bonds is 57. The van der Waals surface area contributed by atoms with Gasteiger partial charge in [0.05, 0.1) is 0 Å². The zero-order chi connectivity index (χ0) is 52.2. The van der Waals surface area contributed by atoms with Gasteiger partial charge in [0.1, 0.15) is 13.2 Å². The number of allylic oxidation sites excluding steroid dienone is 10. The molecule has 1 atom stereocenters. The minimum atomic E-state index is -0.779. The summed E-state index contributed by atoms with van der Waals surface area (Å²) < 4.78 is 16.9. The van der Waals surface area contributed by atoms with Crippen LogP contribution in [0.25, 0.3) is 0 Å². The van der Waals surface area contributed by atoms with Gasteiger partial charge in [0.2, 0.25) is 0 Å². The highest BCUT2D eigenvalue weighted by Gasteiger charge is 2.19. The van der Waals surface area contributed by atoms with E-state index in [0.29, 0.717) is 19.3 Å². The molecular formula is C66H118O6. The summed E-state index contributed by atoms with van der Waals surface area (Å²) in [7, 11) is 0. The summed E-state index contributed by atoms with van der Waals surface area (Å²) in [5, 5.41) is 0. The molecule has 0 bridgehead atoms. The Labute approximate surface area is 447 Å². The van der Waals surface area contributed by atoms with E-state index in [0.717, 1.165) is 89.9 Å². The number of hydrogen-bond donors (Lipinski definition) is 0. The van der Waals surface area contributed by atoms with Crippen LogP contribution in [0.15, 0.2) is 60.8 Å². The van der Waals surface area contributed by atoms with E-state index in [1.807, 2.05) is 0 Å². The number of esters is 3. The van der Waals surface area contributed by atoms with Crippen LogP contribution in [0.3, 0.4) is 0 Å². The van der Waals surface area contributed by atoms with Crippen molar-refractivity contribution in [1.29, 1.82) is 0 Å². The molecule has 0 aliphatic rings. The number of carbonyl (C=O) groups excluding carboxylic acids is 3. The van der Waals surface area contributed by atoms with Crippen LogP contribution < -0.4 is 0 Å². The average molecular weight is 1010 g/mol. The number of hydrogen-bond acceptors (Lipinski definition) is 6. The first-order valence-corrected chi connectivity index (χ1v) is 31.3. The van der Waals surface area contributed by atoms with Gasteiger partial charge in [-0.05, 0) is 89.9 Å². The van der Waals surface area contributed by atoms with Crippen molar-refractivity contribution in [3.8, 4) is 0 Å². The molecule has 0 aliphatic carbocycles. The Morgan fingerprint density at radius 1 is 0.278 bits per heavy atom. The molecule has 0 aromatic heterocycles. The predicted molar refractivity (Wildman–Crippen MR) is 312 cm³/mol. The largest absolute Gasteiger partial charge is 0.462 e. The van der Waals surface area contributed by atoms with Crippen molar-refractivity contribution in [2.24, 2.45) is 0 Å². The Morgan fingerprint density at radius 2 is 0.500 bits per heavy atom. The van der Waals surface area contributed by atoms with E-state index in [9.17, 15) is 14.4 Å². The third-order valence-corrected chi connectivity index (χ3v) is 13.7. The fourth-order valence-corrected chi connectivity index (χ4v) is 9.01. The second-order valence-electron chi connectivity index (χ2n) is 21.0. The Balaban J connectivity index is 4.24. The topological polar surface area (TPSA) is 78.9 Å². The van der Waals surface area contributed by atoms with Crippen molar-refractivity contribution in [1.82, 2.24) is 0 Å². The first-order valence-electron chi connectivity index (χ1n) is 31.3. The average Bonchev–Trinajstić information content (AvgIpc) is 3.38. The zero-order valence-corrected chi connectivity index (χ0v) is 47.9. The molecule has 72 heavy (non-hydrogen) atoms. The summed E-state index contributed by atoms with van der Waals surface area (Å²) in [6.07, 6.45) is 76.5. The molecule has 0 heterocycles. The molecule has 0 aromatic carbocycles. The minimum absolute atomic E-state index is 0.0769. The van der Waals surface area contributed by atoms with Gasteiger partial charge in [-0.15, -0.1) is 0 Å². The van der Waals surface area contributed by atoms with E-state index in [4.69, 9.17) is 14.2 Å². The van der Waals surface area contributed by atoms with Gasteiger partial charge in [-0.2, -0.15) is 0 Å². The molecule has 0 amide bonds. The van der Waals surface area contributed by atoms with E-state index >= 15 is 0 Å². The molecule has 6 nitrogen and oxygen atoms in total. The molecule has 0 radical (unpaired) electrons. The van der Waals surface area contributed by atoms with Crippen LogP contribution >= 0.6 is 0 Å². The van der Waals surface area contributed by atoms with Crippen LogP contribution in [0, 0.1) is 0 Å². The maximum Gasteiger partial charge on any atom is 0.306 e. The fourth-order valence-electron chi connectivity index (χ4n) is 9.01. The summed E-state index contributed by atoms with van der Waals surface area (Å²) in [5.74, 6) is -0.877. The summed E-state index contributed by atoms with van der Waals surface area (Å²) in [6.45, 7) is 6.61. The lowest BCUT2D eigenvalue weighted by Gasteiger charge is -2.18. The summed E-state index contributed by atoms with van der Waals surface area (Å²) in [6, 6.07) is 0. The third kappa shape index (κ3) is 58.0.